The number of nitrogens with zero attached hydrogens (tertiary/aromatic N) is 5. The van der Waals surface area contributed by atoms with Gasteiger partial charge in [0.25, 0.3) is 0 Å². The van der Waals surface area contributed by atoms with Crippen molar-refractivity contribution < 1.29 is 19.1 Å². The standard InChI is InChI=1S/C26H26FN7O3S/c1-3-28-24(37)33-25-32-20-11-15(10-18(21(20)38-25)19-12-17(27)4-7-29-19)16-13-30-23(31-14-16)34-8-5-26(2,6-9-34)22(35)36/h4,7,10-14H,3,5-6,8-9H2,1-2H3,(H,35,36)(H2,28,32,33,37). The van der Waals surface area contributed by atoms with E-state index in [1.165, 1.54) is 29.7 Å². The molecule has 0 bridgehead atoms. The number of carbonyl (C=O) groups excluding carboxylic acids is 1. The first-order valence-electron chi connectivity index (χ1n) is 12.2. The normalized spacial score (nSPS) is 14.9. The molecule has 4 aromatic rings. The summed E-state index contributed by atoms with van der Waals surface area (Å²) < 4.78 is 14.8. The lowest BCUT2D eigenvalue weighted by Crippen LogP contribution is -2.43. The van der Waals surface area contributed by atoms with Crippen LogP contribution < -0.4 is 15.5 Å². The number of pyridine rings is 1. The summed E-state index contributed by atoms with van der Waals surface area (Å²) in [7, 11) is 0. The van der Waals surface area contributed by atoms with Gasteiger partial charge in [-0.15, -0.1) is 0 Å². The van der Waals surface area contributed by atoms with Gasteiger partial charge in [-0.2, -0.15) is 0 Å². The number of amides is 2. The number of piperidine rings is 1. The predicted octanol–water partition coefficient (Wildman–Crippen LogP) is 4.79. The maximum atomic E-state index is 14.1. The number of nitrogens with one attached hydrogen (secondary N) is 2. The van der Waals surface area contributed by atoms with E-state index >= 15 is 0 Å². The molecule has 1 aliphatic heterocycles. The molecule has 0 saturated carbocycles. The van der Waals surface area contributed by atoms with Gasteiger partial charge in [0.05, 0.1) is 21.3 Å². The first-order chi connectivity index (χ1) is 18.3. The monoisotopic (exact) mass is 535 g/mol. The fourth-order valence-corrected chi connectivity index (χ4v) is 5.31. The molecule has 5 rings (SSSR count). The van der Waals surface area contributed by atoms with Gasteiger partial charge in [-0.05, 0) is 50.5 Å². The van der Waals surface area contributed by atoms with Crippen molar-refractivity contribution in [3.05, 3.63) is 48.7 Å². The fraction of sp³-hybridized carbons (Fsp3) is 0.308. The molecule has 0 spiro atoms. The van der Waals surface area contributed by atoms with Gasteiger partial charge in [0.1, 0.15) is 5.82 Å². The third-order valence-electron chi connectivity index (χ3n) is 6.68. The van der Waals surface area contributed by atoms with Crippen molar-refractivity contribution in [2.45, 2.75) is 26.7 Å². The van der Waals surface area contributed by atoms with Crippen LogP contribution in [0.3, 0.4) is 0 Å². The van der Waals surface area contributed by atoms with Crippen LogP contribution in [0.5, 0.6) is 0 Å². The van der Waals surface area contributed by atoms with Crippen LogP contribution in [-0.2, 0) is 4.79 Å². The third-order valence-corrected chi connectivity index (χ3v) is 7.70. The molecule has 1 aliphatic rings. The summed E-state index contributed by atoms with van der Waals surface area (Å²) >= 11 is 1.28. The lowest BCUT2D eigenvalue weighted by Gasteiger charge is -2.36. The SMILES string of the molecule is CCNC(=O)Nc1nc2cc(-c3cnc(N4CCC(C)(C(=O)O)CC4)nc3)cc(-c3cc(F)ccn3)c2s1. The lowest BCUT2D eigenvalue weighted by molar-refractivity contribution is -0.149. The molecule has 196 valence electrons. The maximum absolute atomic E-state index is 14.1. The van der Waals surface area contributed by atoms with Crippen LogP contribution in [0.2, 0.25) is 0 Å². The van der Waals surface area contributed by atoms with Gasteiger partial charge >= 0.3 is 12.0 Å². The van der Waals surface area contributed by atoms with Crippen LogP contribution in [0.25, 0.3) is 32.6 Å². The van der Waals surface area contributed by atoms with Gasteiger partial charge in [0.2, 0.25) is 5.95 Å². The molecule has 0 radical (unpaired) electrons. The number of carbonyl (C=O) groups is 2. The highest BCUT2D eigenvalue weighted by atomic mass is 32.1. The van der Waals surface area contributed by atoms with E-state index in [1.807, 2.05) is 24.0 Å². The Morgan fingerprint density at radius 2 is 1.87 bits per heavy atom. The number of hydrogen-bond acceptors (Lipinski definition) is 8. The number of thiazole rings is 1. The summed E-state index contributed by atoms with van der Waals surface area (Å²) in [5, 5.41) is 15.3. The topological polar surface area (TPSA) is 133 Å². The van der Waals surface area contributed by atoms with Gasteiger partial charge in [-0.3, -0.25) is 15.1 Å². The fourth-order valence-electron chi connectivity index (χ4n) is 4.34. The number of aromatic nitrogens is 4. The van der Waals surface area contributed by atoms with Crippen molar-refractivity contribution >= 4 is 44.6 Å². The van der Waals surface area contributed by atoms with Gasteiger partial charge in [0, 0.05) is 55.4 Å². The zero-order valence-electron chi connectivity index (χ0n) is 20.9. The highest BCUT2D eigenvalue weighted by molar-refractivity contribution is 7.22. The zero-order chi connectivity index (χ0) is 26.9. The van der Waals surface area contributed by atoms with Crippen molar-refractivity contribution in [3.8, 4) is 22.4 Å². The number of anilines is 2. The molecular weight excluding hydrogens is 509 g/mol. The van der Waals surface area contributed by atoms with Crippen LogP contribution in [0.4, 0.5) is 20.3 Å². The number of aliphatic carboxylic acids is 1. The molecular formula is C26H26FN7O3S. The van der Waals surface area contributed by atoms with Crippen LogP contribution in [0.1, 0.15) is 26.7 Å². The Hall–Kier alpha value is -4.19. The summed E-state index contributed by atoms with van der Waals surface area (Å²) in [4.78, 5) is 43.6. The van der Waals surface area contributed by atoms with Gasteiger partial charge in [0.15, 0.2) is 5.13 Å². The molecule has 0 unspecified atom stereocenters. The molecule has 38 heavy (non-hydrogen) atoms. The van der Waals surface area contributed by atoms with Gasteiger partial charge in [-0.1, -0.05) is 11.3 Å². The first-order valence-corrected chi connectivity index (χ1v) is 13.0. The average molecular weight is 536 g/mol. The van der Waals surface area contributed by atoms with E-state index in [0.29, 0.717) is 60.3 Å². The summed E-state index contributed by atoms with van der Waals surface area (Å²) in [6.45, 7) is 5.19. The van der Waals surface area contributed by atoms with E-state index in [0.717, 1.165) is 15.8 Å². The van der Waals surface area contributed by atoms with Crippen molar-refractivity contribution in [2.24, 2.45) is 5.41 Å². The van der Waals surface area contributed by atoms with E-state index in [1.54, 1.807) is 19.3 Å². The van der Waals surface area contributed by atoms with E-state index in [9.17, 15) is 19.1 Å². The smallest absolute Gasteiger partial charge is 0.321 e. The van der Waals surface area contributed by atoms with Crippen LogP contribution in [0.15, 0.2) is 42.9 Å². The molecule has 1 fully saturated rings. The number of benzene rings is 1. The molecule has 1 aromatic carbocycles. The Kier molecular flexibility index (Phi) is 6.89. The number of rotatable bonds is 6. The number of urea groups is 1. The Bertz CT molecular complexity index is 1500. The molecule has 3 aromatic heterocycles. The minimum absolute atomic E-state index is 0.359. The second kappa shape index (κ2) is 10.3. The van der Waals surface area contributed by atoms with E-state index in [2.05, 4.69) is 30.6 Å². The third kappa shape index (κ3) is 5.12. The minimum atomic E-state index is -0.779. The van der Waals surface area contributed by atoms with Crippen LogP contribution in [-0.4, -0.2) is 56.7 Å². The molecule has 0 atom stereocenters. The summed E-state index contributed by atoms with van der Waals surface area (Å²) in [6.07, 6.45) is 5.86. The van der Waals surface area contributed by atoms with E-state index in [4.69, 9.17) is 0 Å². The zero-order valence-corrected chi connectivity index (χ0v) is 21.7. The Labute approximate surface area is 222 Å². The molecule has 2 amide bonds. The highest BCUT2D eigenvalue weighted by Gasteiger charge is 2.37. The van der Waals surface area contributed by atoms with Crippen molar-refractivity contribution in [2.75, 3.05) is 29.9 Å². The maximum Gasteiger partial charge on any atom is 0.321 e. The molecule has 0 aliphatic carbocycles. The van der Waals surface area contributed by atoms with Gasteiger partial charge in [-0.25, -0.2) is 24.1 Å². The van der Waals surface area contributed by atoms with Gasteiger partial charge < -0.3 is 15.3 Å². The predicted molar refractivity (Wildman–Crippen MR) is 144 cm³/mol. The van der Waals surface area contributed by atoms with Crippen molar-refractivity contribution in [1.82, 2.24) is 25.3 Å². The van der Waals surface area contributed by atoms with E-state index in [-0.39, 0.29) is 6.03 Å². The summed E-state index contributed by atoms with van der Waals surface area (Å²) in [5.74, 6) is -0.651. The quantitative estimate of drug-likeness (QED) is 0.321. The molecule has 3 N–H and O–H groups in total. The van der Waals surface area contributed by atoms with Crippen molar-refractivity contribution in [1.29, 1.82) is 0 Å². The van der Waals surface area contributed by atoms with Crippen LogP contribution in [0, 0.1) is 11.2 Å². The number of halogens is 1. The number of carboxylic acids is 1. The molecule has 10 nitrogen and oxygen atoms in total. The number of fused-ring (bicyclic) bond motifs is 1. The largest absolute Gasteiger partial charge is 0.481 e. The Balaban J connectivity index is 1.48. The lowest BCUT2D eigenvalue weighted by atomic mass is 9.80. The average Bonchev–Trinajstić information content (AvgIpc) is 3.31. The summed E-state index contributed by atoms with van der Waals surface area (Å²) in [5.41, 5.74) is 2.49. The van der Waals surface area contributed by atoms with Crippen LogP contribution >= 0.6 is 11.3 Å². The Morgan fingerprint density at radius 1 is 1.13 bits per heavy atom. The second-order valence-corrected chi connectivity index (χ2v) is 10.4. The number of carboxylic acid groups (broad SMARTS) is 1. The molecule has 12 heteroatoms. The summed E-state index contributed by atoms with van der Waals surface area (Å²) in [6, 6.07) is 6.04. The number of hydrogen-bond donors (Lipinski definition) is 3. The minimum Gasteiger partial charge on any atom is -0.481 e. The highest BCUT2D eigenvalue weighted by Crippen LogP contribution is 2.38. The molecule has 1 saturated heterocycles. The van der Waals surface area contributed by atoms with E-state index < -0.39 is 17.2 Å². The van der Waals surface area contributed by atoms with Crippen molar-refractivity contribution in [3.63, 3.8) is 0 Å². The molecule has 4 heterocycles. The second-order valence-electron chi connectivity index (χ2n) is 9.36. The Morgan fingerprint density at radius 3 is 2.53 bits per heavy atom. The first kappa shape index (κ1) is 25.5.